The summed E-state index contributed by atoms with van der Waals surface area (Å²) >= 11 is 4.21. The number of allylic oxidation sites excluding steroid dienone is 1. The number of aliphatic hydroxyl groups is 1. The van der Waals surface area contributed by atoms with Gasteiger partial charge in [0.1, 0.15) is 17.3 Å². The number of rotatable bonds is 3. The number of nitrogens with one attached hydrogen (secondary N) is 1. The Kier molecular flexibility index (Phi) is 4.26. The second-order valence-corrected chi connectivity index (χ2v) is 6.63. The zero-order chi connectivity index (χ0) is 18.3. The smallest absolute Gasteiger partial charge is 0.138 e. The maximum absolute atomic E-state index is 9.93. The summed E-state index contributed by atoms with van der Waals surface area (Å²) in [7, 11) is 0. The molecule has 0 saturated carbocycles. The van der Waals surface area contributed by atoms with E-state index >= 15 is 0 Å². The van der Waals surface area contributed by atoms with Gasteiger partial charge < -0.3 is 20.3 Å². The molecule has 3 N–H and O–H groups in total. The highest BCUT2D eigenvalue weighted by atomic mass is 32.1. The van der Waals surface area contributed by atoms with Gasteiger partial charge in [-0.2, -0.15) is 12.6 Å². The number of hydrogen-bond donors (Lipinski definition) is 4. The van der Waals surface area contributed by atoms with Crippen molar-refractivity contribution >= 4 is 23.9 Å². The molecular formula is C21H19NO3S. The lowest BCUT2D eigenvalue weighted by molar-refractivity contribution is 0.263. The van der Waals surface area contributed by atoms with Crippen LogP contribution in [0.2, 0.25) is 0 Å². The third kappa shape index (κ3) is 2.89. The third-order valence-corrected chi connectivity index (χ3v) is 4.71. The van der Waals surface area contributed by atoms with Crippen LogP contribution in [0, 0.1) is 6.92 Å². The Morgan fingerprint density at radius 2 is 1.96 bits per heavy atom. The van der Waals surface area contributed by atoms with E-state index in [1.807, 2.05) is 18.2 Å². The van der Waals surface area contributed by atoms with E-state index < -0.39 is 6.10 Å². The Morgan fingerprint density at radius 1 is 1.15 bits per heavy atom. The lowest BCUT2D eigenvalue weighted by Crippen LogP contribution is -2.16. The first kappa shape index (κ1) is 16.8. The van der Waals surface area contributed by atoms with Crippen molar-refractivity contribution in [1.29, 1.82) is 0 Å². The van der Waals surface area contributed by atoms with Crippen LogP contribution in [0.5, 0.6) is 11.5 Å². The molecule has 0 spiro atoms. The van der Waals surface area contributed by atoms with E-state index in [0.717, 1.165) is 33.5 Å². The second kappa shape index (κ2) is 6.59. The molecule has 0 saturated heterocycles. The lowest BCUT2D eigenvalue weighted by Gasteiger charge is -2.28. The van der Waals surface area contributed by atoms with Gasteiger partial charge in [0.05, 0.1) is 12.0 Å². The number of ether oxygens (including phenoxy) is 1. The average molecular weight is 365 g/mol. The molecule has 1 atom stereocenters. The molecule has 4 nitrogen and oxygen atoms in total. The molecule has 1 aliphatic heterocycles. The number of fused-ring (bicyclic) bond motifs is 2. The number of phenolic OH excluding ortho intramolecular Hbond substituents is 1. The zero-order valence-electron chi connectivity index (χ0n) is 14.2. The largest absolute Gasteiger partial charge is 0.508 e. The fourth-order valence-electron chi connectivity index (χ4n) is 3.37. The van der Waals surface area contributed by atoms with Crippen LogP contribution in [0.15, 0.2) is 66.0 Å². The molecular weight excluding hydrogens is 346 g/mol. The van der Waals surface area contributed by atoms with Crippen molar-refractivity contribution in [3.63, 3.8) is 0 Å². The van der Waals surface area contributed by atoms with Crippen molar-refractivity contribution < 1.29 is 14.9 Å². The van der Waals surface area contributed by atoms with Gasteiger partial charge in [0.2, 0.25) is 0 Å². The Balaban J connectivity index is 1.94. The molecule has 0 amide bonds. The van der Waals surface area contributed by atoms with Gasteiger partial charge in [-0.05, 0) is 48.4 Å². The van der Waals surface area contributed by atoms with Crippen LogP contribution in [0.1, 0.15) is 16.7 Å². The summed E-state index contributed by atoms with van der Waals surface area (Å²) in [5.41, 5.74) is 6.05. The van der Waals surface area contributed by atoms with Gasteiger partial charge in [0.25, 0.3) is 0 Å². The Bertz CT molecular complexity index is 975. The van der Waals surface area contributed by atoms with Gasteiger partial charge in [0, 0.05) is 28.5 Å². The van der Waals surface area contributed by atoms with Gasteiger partial charge >= 0.3 is 0 Å². The van der Waals surface area contributed by atoms with Crippen LogP contribution in [0.4, 0.5) is 5.69 Å². The van der Waals surface area contributed by atoms with Gasteiger partial charge in [-0.25, -0.2) is 0 Å². The fraction of sp³-hybridized carbons (Fsp3) is 0.143. The first-order chi connectivity index (χ1) is 12.6. The summed E-state index contributed by atoms with van der Waals surface area (Å²) in [6.45, 7) is 2.06. The standard InChI is InChI=1S/C21H19NO3S/c1-12-8-13(22-11-26)2-5-16(12)21-17-6-3-14(23)9-19(17)25-20-10-15(24)4-7-18(20)21/h2-10,14,22-24,26H,11H2,1H3. The summed E-state index contributed by atoms with van der Waals surface area (Å²) in [6.07, 6.45) is 4.62. The van der Waals surface area contributed by atoms with Crippen LogP contribution >= 0.6 is 12.6 Å². The minimum Gasteiger partial charge on any atom is -0.508 e. The van der Waals surface area contributed by atoms with E-state index in [9.17, 15) is 10.2 Å². The number of aromatic hydroxyl groups is 1. The molecule has 1 unspecified atom stereocenters. The molecule has 0 radical (unpaired) electrons. The van der Waals surface area contributed by atoms with Crippen LogP contribution in [0.3, 0.4) is 0 Å². The average Bonchev–Trinajstić information content (AvgIpc) is 2.60. The molecule has 1 heterocycles. The summed E-state index contributed by atoms with van der Waals surface area (Å²) in [5, 5.41) is 23.0. The topological polar surface area (TPSA) is 61.7 Å². The number of thiol groups is 1. The lowest BCUT2D eigenvalue weighted by atomic mass is 9.85. The fourth-order valence-corrected chi connectivity index (χ4v) is 3.56. The normalized spacial score (nSPS) is 18.0. The van der Waals surface area contributed by atoms with Crippen molar-refractivity contribution in [2.75, 3.05) is 11.2 Å². The highest BCUT2D eigenvalue weighted by Gasteiger charge is 2.27. The highest BCUT2D eigenvalue weighted by molar-refractivity contribution is 7.80. The monoisotopic (exact) mass is 365 g/mol. The molecule has 0 bridgehead atoms. The number of aliphatic hydroxyl groups excluding tert-OH is 1. The van der Waals surface area contributed by atoms with Crippen LogP contribution < -0.4 is 10.1 Å². The molecule has 26 heavy (non-hydrogen) atoms. The number of anilines is 1. The number of aryl methyl sites for hydroxylation is 1. The van der Waals surface area contributed by atoms with Crippen molar-refractivity contribution in [2.45, 2.75) is 13.0 Å². The second-order valence-electron chi connectivity index (χ2n) is 6.32. The van der Waals surface area contributed by atoms with Crippen LogP contribution in [0.25, 0.3) is 5.57 Å². The first-order valence-electron chi connectivity index (χ1n) is 8.36. The Morgan fingerprint density at radius 3 is 2.73 bits per heavy atom. The quantitative estimate of drug-likeness (QED) is 0.490. The maximum atomic E-state index is 9.93. The molecule has 0 aromatic heterocycles. The molecule has 1 aliphatic carbocycles. The van der Waals surface area contributed by atoms with Crippen molar-refractivity contribution in [3.05, 3.63) is 82.6 Å². The summed E-state index contributed by atoms with van der Waals surface area (Å²) < 4.78 is 5.95. The number of phenols is 1. The van der Waals surface area contributed by atoms with E-state index in [2.05, 4.69) is 37.0 Å². The first-order valence-corrected chi connectivity index (χ1v) is 9.00. The van der Waals surface area contributed by atoms with E-state index in [1.54, 1.807) is 24.3 Å². The van der Waals surface area contributed by atoms with Crippen molar-refractivity contribution in [1.82, 2.24) is 0 Å². The molecule has 4 rings (SSSR count). The minimum atomic E-state index is -0.683. The van der Waals surface area contributed by atoms with Gasteiger partial charge in [-0.15, -0.1) is 0 Å². The van der Waals surface area contributed by atoms with Crippen molar-refractivity contribution in [2.24, 2.45) is 0 Å². The predicted molar refractivity (Wildman–Crippen MR) is 107 cm³/mol. The maximum Gasteiger partial charge on any atom is 0.138 e. The van der Waals surface area contributed by atoms with Crippen LogP contribution in [-0.2, 0) is 0 Å². The molecule has 5 heteroatoms. The molecule has 2 aliphatic rings. The summed E-state index contributed by atoms with van der Waals surface area (Å²) in [6, 6.07) is 11.3. The number of benzene rings is 2. The Labute approximate surface area is 157 Å². The Hall–Kier alpha value is -2.63. The SMILES string of the molecule is Cc1cc(NCS)ccc1C1=C2C=CC(O)C=C2Oc2cc(O)ccc21. The number of hydrogen-bond acceptors (Lipinski definition) is 5. The summed E-state index contributed by atoms with van der Waals surface area (Å²) in [4.78, 5) is 0. The molecule has 132 valence electrons. The molecule has 2 aromatic carbocycles. The minimum absolute atomic E-state index is 0.143. The van der Waals surface area contributed by atoms with Crippen LogP contribution in [-0.4, -0.2) is 22.2 Å². The third-order valence-electron chi connectivity index (χ3n) is 4.55. The van der Waals surface area contributed by atoms with E-state index in [4.69, 9.17) is 4.74 Å². The zero-order valence-corrected chi connectivity index (χ0v) is 15.1. The highest BCUT2D eigenvalue weighted by Crippen LogP contribution is 2.45. The molecule has 2 aromatic rings. The van der Waals surface area contributed by atoms with Gasteiger partial charge in [0.15, 0.2) is 0 Å². The van der Waals surface area contributed by atoms with E-state index in [-0.39, 0.29) is 5.75 Å². The van der Waals surface area contributed by atoms with Gasteiger partial charge in [-0.1, -0.05) is 18.2 Å². The van der Waals surface area contributed by atoms with Crippen molar-refractivity contribution in [3.8, 4) is 11.5 Å². The predicted octanol–water partition coefficient (Wildman–Crippen LogP) is 4.01. The van der Waals surface area contributed by atoms with Gasteiger partial charge in [-0.3, -0.25) is 0 Å². The summed E-state index contributed by atoms with van der Waals surface area (Å²) in [5.74, 6) is 1.89. The molecule has 0 fully saturated rings. The van der Waals surface area contributed by atoms with E-state index in [0.29, 0.717) is 17.4 Å². The van der Waals surface area contributed by atoms with E-state index in [1.165, 1.54) is 0 Å².